The van der Waals surface area contributed by atoms with E-state index in [0.29, 0.717) is 13.0 Å². The molecular weight excluding hydrogens is 324 g/mol. The van der Waals surface area contributed by atoms with Crippen LogP contribution >= 0.6 is 11.3 Å². The molecule has 1 amide bonds. The number of ether oxygens (including phenoxy) is 1. The first-order valence-electron chi connectivity index (χ1n) is 8.70. The average molecular weight is 353 g/mol. The van der Waals surface area contributed by atoms with E-state index in [1.165, 1.54) is 4.88 Å². The standard InChI is InChI=1S/C18H28N2O3S/c1-13-4-5-14(24-13)10-16(21)20-8-6-18(7-9-20)11-15(19-3)17(2,22)12-23-18/h4-5,15,19,22H,6-12H2,1-3H3/t15-,17-/m0/s1. The zero-order chi connectivity index (χ0) is 17.4. The summed E-state index contributed by atoms with van der Waals surface area (Å²) in [7, 11) is 1.89. The van der Waals surface area contributed by atoms with E-state index in [9.17, 15) is 9.90 Å². The summed E-state index contributed by atoms with van der Waals surface area (Å²) >= 11 is 1.70. The molecule has 0 bridgehead atoms. The van der Waals surface area contributed by atoms with Crippen LogP contribution < -0.4 is 5.32 Å². The predicted octanol–water partition coefficient (Wildman–Crippen LogP) is 1.72. The molecule has 0 aliphatic carbocycles. The number of likely N-dealkylation sites (tertiary alicyclic amines) is 1. The van der Waals surface area contributed by atoms with Crippen LogP contribution in [0.25, 0.3) is 0 Å². The number of thiophene rings is 1. The Labute approximate surface area is 148 Å². The summed E-state index contributed by atoms with van der Waals surface area (Å²) in [5.41, 5.74) is -1.03. The number of hydrogen-bond donors (Lipinski definition) is 2. The highest BCUT2D eigenvalue weighted by Gasteiger charge is 2.48. The molecule has 0 unspecified atom stereocenters. The SMILES string of the molecule is CN[C@H]1CC2(CCN(C(=O)Cc3ccc(C)s3)CC2)OC[C@]1(C)O. The Balaban J connectivity index is 1.56. The molecule has 2 atom stereocenters. The number of rotatable bonds is 3. The molecule has 2 fully saturated rings. The van der Waals surface area contributed by atoms with E-state index in [0.717, 1.165) is 37.2 Å². The second kappa shape index (κ2) is 6.75. The second-order valence-electron chi connectivity index (χ2n) is 7.44. The maximum absolute atomic E-state index is 12.5. The minimum Gasteiger partial charge on any atom is -0.386 e. The third-order valence-corrected chi connectivity index (χ3v) is 6.50. The molecule has 24 heavy (non-hydrogen) atoms. The number of carbonyl (C=O) groups excluding carboxylic acids is 1. The van der Waals surface area contributed by atoms with Crippen molar-refractivity contribution in [1.82, 2.24) is 10.2 Å². The molecule has 0 aromatic carbocycles. The van der Waals surface area contributed by atoms with E-state index < -0.39 is 5.60 Å². The average Bonchev–Trinajstić information content (AvgIpc) is 2.95. The van der Waals surface area contributed by atoms with Crippen LogP contribution in [-0.4, -0.2) is 59.9 Å². The maximum Gasteiger partial charge on any atom is 0.227 e. The van der Waals surface area contributed by atoms with Crippen LogP contribution in [-0.2, 0) is 16.0 Å². The molecule has 0 radical (unpaired) electrons. The Kier molecular flexibility index (Phi) is 5.02. The van der Waals surface area contributed by atoms with Crippen molar-refractivity contribution in [3.8, 4) is 0 Å². The lowest BCUT2D eigenvalue weighted by Crippen LogP contribution is -2.62. The fourth-order valence-electron chi connectivity index (χ4n) is 3.82. The molecule has 2 saturated heterocycles. The van der Waals surface area contributed by atoms with Crippen molar-refractivity contribution in [3.05, 3.63) is 21.9 Å². The lowest BCUT2D eigenvalue weighted by molar-refractivity contribution is -0.192. The number of nitrogens with one attached hydrogen (secondary N) is 1. The smallest absolute Gasteiger partial charge is 0.227 e. The highest BCUT2D eigenvalue weighted by Crippen LogP contribution is 2.38. The van der Waals surface area contributed by atoms with E-state index in [1.54, 1.807) is 11.3 Å². The first-order valence-corrected chi connectivity index (χ1v) is 9.52. The van der Waals surface area contributed by atoms with Crippen LogP contribution in [0.4, 0.5) is 0 Å². The van der Waals surface area contributed by atoms with Gasteiger partial charge in [-0.15, -0.1) is 11.3 Å². The van der Waals surface area contributed by atoms with E-state index in [1.807, 2.05) is 24.9 Å². The number of aryl methyl sites for hydroxylation is 1. The molecule has 2 aliphatic rings. The summed E-state index contributed by atoms with van der Waals surface area (Å²) < 4.78 is 6.08. The molecule has 1 spiro atoms. The molecule has 0 saturated carbocycles. The molecule has 3 rings (SSSR count). The van der Waals surface area contributed by atoms with Crippen molar-refractivity contribution >= 4 is 17.2 Å². The molecule has 6 heteroatoms. The van der Waals surface area contributed by atoms with Crippen molar-refractivity contribution in [3.63, 3.8) is 0 Å². The van der Waals surface area contributed by atoms with E-state index in [4.69, 9.17) is 4.74 Å². The highest BCUT2D eigenvalue weighted by atomic mass is 32.1. The zero-order valence-electron chi connectivity index (χ0n) is 14.8. The normalized spacial score (nSPS) is 29.8. The highest BCUT2D eigenvalue weighted by molar-refractivity contribution is 7.12. The maximum atomic E-state index is 12.5. The number of piperidine rings is 1. The van der Waals surface area contributed by atoms with Crippen LogP contribution in [0.3, 0.4) is 0 Å². The van der Waals surface area contributed by atoms with Crippen molar-refractivity contribution in [2.45, 2.75) is 56.8 Å². The first kappa shape index (κ1) is 17.9. The Morgan fingerprint density at radius 2 is 2.17 bits per heavy atom. The number of nitrogens with zero attached hydrogens (tertiary/aromatic N) is 1. The minimum atomic E-state index is -0.829. The number of hydrogen-bond acceptors (Lipinski definition) is 5. The van der Waals surface area contributed by atoms with Gasteiger partial charge in [0.1, 0.15) is 5.60 Å². The molecular formula is C18H28N2O3S. The summed E-state index contributed by atoms with van der Waals surface area (Å²) in [5.74, 6) is 0.208. The summed E-state index contributed by atoms with van der Waals surface area (Å²) in [6.45, 7) is 5.71. The van der Waals surface area contributed by atoms with Gasteiger partial charge >= 0.3 is 0 Å². The lowest BCUT2D eigenvalue weighted by atomic mass is 9.77. The van der Waals surface area contributed by atoms with Gasteiger partial charge < -0.3 is 20.1 Å². The van der Waals surface area contributed by atoms with Crippen molar-refractivity contribution in [2.75, 3.05) is 26.7 Å². The van der Waals surface area contributed by atoms with Crippen LogP contribution in [0.5, 0.6) is 0 Å². The Morgan fingerprint density at radius 1 is 1.46 bits per heavy atom. The number of carbonyl (C=O) groups is 1. The number of aliphatic hydroxyl groups is 1. The summed E-state index contributed by atoms with van der Waals surface area (Å²) in [5, 5.41) is 13.6. The Hall–Kier alpha value is -0.950. The quantitative estimate of drug-likeness (QED) is 0.870. The fourth-order valence-corrected chi connectivity index (χ4v) is 4.70. The number of likely N-dealkylation sites (N-methyl/N-ethyl adjacent to an activating group) is 1. The zero-order valence-corrected chi connectivity index (χ0v) is 15.6. The van der Waals surface area contributed by atoms with Crippen LogP contribution in [0.2, 0.25) is 0 Å². The van der Waals surface area contributed by atoms with E-state index in [2.05, 4.69) is 18.3 Å². The van der Waals surface area contributed by atoms with Gasteiger partial charge in [-0.05, 0) is 52.3 Å². The molecule has 2 N–H and O–H groups in total. The topological polar surface area (TPSA) is 61.8 Å². The van der Waals surface area contributed by atoms with Crippen molar-refractivity contribution in [1.29, 1.82) is 0 Å². The van der Waals surface area contributed by atoms with Crippen LogP contribution in [0.1, 0.15) is 35.9 Å². The number of amides is 1. The van der Waals surface area contributed by atoms with E-state index >= 15 is 0 Å². The van der Waals surface area contributed by atoms with Gasteiger partial charge in [0.05, 0.1) is 18.6 Å². The second-order valence-corrected chi connectivity index (χ2v) is 8.82. The van der Waals surface area contributed by atoms with Crippen molar-refractivity contribution < 1.29 is 14.6 Å². The summed E-state index contributed by atoms with van der Waals surface area (Å²) in [6, 6.07) is 4.15. The van der Waals surface area contributed by atoms with Gasteiger partial charge in [-0.3, -0.25) is 4.79 Å². The van der Waals surface area contributed by atoms with Gasteiger partial charge in [0.25, 0.3) is 0 Å². The fraction of sp³-hybridized carbons (Fsp3) is 0.722. The Bertz CT molecular complexity index is 591. The third kappa shape index (κ3) is 3.67. The summed E-state index contributed by atoms with van der Waals surface area (Å²) in [4.78, 5) is 16.9. The molecule has 2 aliphatic heterocycles. The van der Waals surface area contributed by atoms with Gasteiger partial charge in [0.2, 0.25) is 5.91 Å². The van der Waals surface area contributed by atoms with Gasteiger partial charge in [-0.2, -0.15) is 0 Å². The van der Waals surface area contributed by atoms with E-state index in [-0.39, 0.29) is 17.6 Å². The Morgan fingerprint density at radius 3 is 2.75 bits per heavy atom. The molecule has 5 nitrogen and oxygen atoms in total. The van der Waals surface area contributed by atoms with Gasteiger partial charge in [-0.25, -0.2) is 0 Å². The summed E-state index contributed by atoms with van der Waals surface area (Å²) in [6.07, 6.45) is 2.98. The molecule has 134 valence electrons. The van der Waals surface area contributed by atoms with Gasteiger partial charge in [0, 0.05) is 28.9 Å². The van der Waals surface area contributed by atoms with Crippen LogP contribution in [0.15, 0.2) is 12.1 Å². The third-order valence-electron chi connectivity index (χ3n) is 5.49. The minimum absolute atomic E-state index is 0.0302. The van der Waals surface area contributed by atoms with Gasteiger partial charge in [0.15, 0.2) is 0 Å². The van der Waals surface area contributed by atoms with Crippen molar-refractivity contribution in [2.24, 2.45) is 0 Å². The van der Waals surface area contributed by atoms with Crippen LogP contribution in [0, 0.1) is 6.92 Å². The lowest BCUT2D eigenvalue weighted by Gasteiger charge is -2.50. The first-order chi connectivity index (χ1) is 11.3. The predicted molar refractivity (Wildman–Crippen MR) is 95.3 cm³/mol. The largest absolute Gasteiger partial charge is 0.386 e. The molecule has 1 aromatic rings. The van der Waals surface area contributed by atoms with Gasteiger partial charge in [-0.1, -0.05) is 0 Å². The monoisotopic (exact) mass is 352 g/mol. The molecule has 1 aromatic heterocycles. The molecule has 3 heterocycles.